The summed E-state index contributed by atoms with van der Waals surface area (Å²) in [6.45, 7) is 7.08. The zero-order valence-corrected chi connectivity index (χ0v) is 14.8. The van der Waals surface area contributed by atoms with Crippen molar-refractivity contribution in [2.24, 2.45) is 5.41 Å². The van der Waals surface area contributed by atoms with Crippen LogP contribution in [0, 0.1) is 12.3 Å². The summed E-state index contributed by atoms with van der Waals surface area (Å²) < 4.78 is 11.3. The van der Waals surface area contributed by atoms with Gasteiger partial charge in [0.1, 0.15) is 6.10 Å². The number of rotatable bonds is 2. The van der Waals surface area contributed by atoms with Gasteiger partial charge in [0.05, 0.1) is 19.8 Å². The number of hydrogen-bond acceptors (Lipinski definition) is 6. The van der Waals surface area contributed by atoms with Crippen LogP contribution in [0.15, 0.2) is 12.4 Å². The maximum atomic E-state index is 12.7. The third-order valence-electron chi connectivity index (χ3n) is 5.52. The fraction of sp³-hybridized carbons (Fsp3) is 0.722. The van der Waals surface area contributed by atoms with Crippen molar-refractivity contribution in [2.45, 2.75) is 32.3 Å². The average molecular weight is 346 g/mol. The topological polar surface area (TPSA) is 67.8 Å². The van der Waals surface area contributed by atoms with Crippen molar-refractivity contribution >= 4 is 11.9 Å². The van der Waals surface area contributed by atoms with Gasteiger partial charge >= 0.3 is 0 Å². The van der Waals surface area contributed by atoms with Crippen molar-refractivity contribution in [2.75, 3.05) is 50.9 Å². The molecule has 0 aromatic carbocycles. The number of aromatic nitrogens is 2. The number of carbonyl (C=O) groups is 1. The van der Waals surface area contributed by atoms with Gasteiger partial charge in [-0.2, -0.15) is 0 Å². The molecule has 3 saturated heterocycles. The number of amides is 1. The second-order valence-electron chi connectivity index (χ2n) is 7.53. The molecule has 7 heteroatoms. The van der Waals surface area contributed by atoms with Crippen LogP contribution in [0.25, 0.3) is 0 Å². The number of anilines is 1. The van der Waals surface area contributed by atoms with Crippen LogP contribution in [-0.2, 0) is 14.3 Å². The summed E-state index contributed by atoms with van der Waals surface area (Å²) in [5.74, 6) is 0.913. The van der Waals surface area contributed by atoms with Crippen molar-refractivity contribution in [3.8, 4) is 0 Å². The zero-order valence-electron chi connectivity index (χ0n) is 14.8. The summed E-state index contributed by atoms with van der Waals surface area (Å²) in [4.78, 5) is 25.8. The van der Waals surface area contributed by atoms with E-state index in [1.165, 1.54) is 0 Å². The van der Waals surface area contributed by atoms with E-state index in [4.69, 9.17) is 9.47 Å². The largest absolute Gasteiger partial charge is 0.378 e. The van der Waals surface area contributed by atoms with Crippen molar-refractivity contribution in [1.29, 1.82) is 0 Å². The summed E-state index contributed by atoms with van der Waals surface area (Å²) in [7, 11) is 0. The van der Waals surface area contributed by atoms with E-state index in [1.807, 2.05) is 24.2 Å². The second kappa shape index (κ2) is 6.88. The van der Waals surface area contributed by atoms with Gasteiger partial charge in [0.2, 0.25) is 5.95 Å². The molecule has 3 aliphatic heterocycles. The van der Waals surface area contributed by atoms with Gasteiger partial charge in [-0.05, 0) is 31.7 Å². The van der Waals surface area contributed by atoms with Crippen LogP contribution in [0.5, 0.6) is 0 Å². The highest BCUT2D eigenvalue weighted by Crippen LogP contribution is 2.41. The lowest BCUT2D eigenvalue weighted by Crippen LogP contribution is -2.47. The third-order valence-corrected chi connectivity index (χ3v) is 5.52. The molecule has 1 amide bonds. The molecule has 25 heavy (non-hydrogen) atoms. The van der Waals surface area contributed by atoms with Gasteiger partial charge in [0.15, 0.2) is 0 Å². The van der Waals surface area contributed by atoms with E-state index in [0.29, 0.717) is 32.9 Å². The van der Waals surface area contributed by atoms with E-state index in [-0.39, 0.29) is 17.4 Å². The Morgan fingerprint density at radius 1 is 1.24 bits per heavy atom. The lowest BCUT2D eigenvalue weighted by atomic mass is 9.78. The van der Waals surface area contributed by atoms with Gasteiger partial charge in [0.25, 0.3) is 5.91 Å². The van der Waals surface area contributed by atoms with Crippen LogP contribution in [0.3, 0.4) is 0 Å². The van der Waals surface area contributed by atoms with Crippen LogP contribution < -0.4 is 4.90 Å². The Kier molecular flexibility index (Phi) is 4.60. The molecule has 4 rings (SSSR count). The SMILES string of the molecule is Cc1cnc(N2CCC[C@]3(CO[C@H](C(=O)N4CCOCC4)C3)C2)nc1. The predicted octanol–water partition coefficient (Wildman–Crippen LogP) is 1.02. The van der Waals surface area contributed by atoms with Crippen LogP contribution in [0.1, 0.15) is 24.8 Å². The first-order chi connectivity index (χ1) is 12.2. The monoisotopic (exact) mass is 346 g/mol. The van der Waals surface area contributed by atoms with E-state index in [1.54, 1.807) is 0 Å². The Labute approximate surface area is 148 Å². The van der Waals surface area contributed by atoms with E-state index in [9.17, 15) is 4.79 Å². The van der Waals surface area contributed by atoms with Crippen LogP contribution >= 0.6 is 0 Å². The highest BCUT2D eigenvalue weighted by atomic mass is 16.5. The Bertz CT molecular complexity index is 617. The molecule has 136 valence electrons. The average Bonchev–Trinajstić information content (AvgIpc) is 3.05. The molecule has 2 atom stereocenters. The summed E-state index contributed by atoms with van der Waals surface area (Å²) in [5, 5.41) is 0. The number of aryl methyl sites for hydroxylation is 1. The van der Waals surface area contributed by atoms with E-state index < -0.39 is 0 Å². The smallest absolute Gasteiger partial charge is 0.251 e. The molecule has 0 N–H and O–H groups in total. The van der Waals surface area contributed by atoms with Gasteiger partial charge in [-0.1, -0.05) is 0 Å². The van der Waals surface area contributed by atoms with Gasteiger partial charge in [-0.15, -0.1) is 0 Å². The van der Waals surface area contributed by atoms with E-state index >= 15 is 0 Å². The van der Waals surface area contributed by atoms with Crippen LogP contribution in [0.2, 0.25) is 0 Å². The first kappa shape index (κ1) is 16.7. The number of nitrogens with zero attached hydrogens (tertiary/aromatic N) is 4. The van der Waals surface area contributed by atoms with Crippen molar-refractivity contribution in [1.82, 2.24) is 14.9 Å². The van der Waals surface area contributed by atoms with Gasteiger partial charge in [-0.3, -0.25) is 4.79 Å². The Morgan fingerprint density at radius 3 is 2.76 bits per heavy atom. The lowest BCUT2D eigenvalue weighted by Gasteiger charge is -2.39. The summed E-state index contributed by atoms with van der Waals surface area (Å²) in [6, 6.07) is 0. The fourth-order valence-corrected chi connectivity index (χ4v) is 4.15. The molecule has 1 aromatic rings. The summed E-state index contributed by atoms with van der Waals surface area (Å²) in [5.41, 5.74) is 1.11. The Balaban J connectivity index is 1.42. The van der Waals surface area contributed by atoms with E-state index in [2.05, 4.69) is 14.9 Å². The molecule has 7 nitrogen and oxygen atoms in total. The molecule has 0 unspecified atom stereocenters. The first-order valence-corrected chi connectivity index (χ1v) is 9.17. The third kappa shape index (κ3) is 3.48. The zero-order chi connectivity index (χ0) is 17.3. The molecular weight excluding hydrogens is 320 g/mol. The standard InChI is InChI=1S/C18H26N4O3/c1-14-10-19-17(20-11-14)22-4-2-3-18(12-22)9-15(25-13-18)16(23)21-5-7-24-8-6-21/h10-11,15H,2-9,12-13H2,1H3/t15-,18+/m0/s1. The molecule has 1 aromatic heterocycles. The quantitative estimate of drug-likeness (QED) is 0.796. The number of ether oxygens (including phenoxy) is 2. The van der Waals surface area contributed by atoms with Crippen molar-refractivity contribution < 1.29 is 14.3 Å². The Morgan fingerprint density at radius 2 is 2.00 bits per heavy atom. The second-order valence-corrected chi connectivity index (χ2v) is 7.53. The fourth-order valence-electron chi connectivity index (χ4n) is 4.15. The highest BCUT2D eigenvalue weighted by molar-refractivity contribution is 5.81. The molecule has 0 radical (unpaired) electrons. The number of piperidine rings is 1. The van der Waals surface area contributed by atoms with Crippen molar-refractivity contribution in [3.05, 3.63) is 18.0 Å². The highest BCUT2D eigenvalue weighted by Gasteiger charge is 2.46. The van der Waals surface area contributed by atoms with Crippen LogP contribution in [-0.4, -0.2) is 72.9 Å². The number of hydrogen-bond donors (Lipinski definition) is 0. The molecule has 3 fully saturated rings. The molecule has 3 aliphatic rings. The van der Waals surface area contributed by atoms with E-state index in [0.717, 1.165) is 43.9 Å². The molecule has 0 bridgehead atoms. The number of carbonyl (C=O) groups excluding carboxylic acids is 1. The number of morpholine rings is 1. The minimum absolute atomic E-state index is 0.0408. The molecule has 0 aliphatic carbocycles. The lowest BCUT2D eigenvalue weighted by molar-refractivity contribution is -0.144. The molecule has 0 saturated carbocycles. The van der Waals surface area contributed by atoms with Crippen LogP contribution in [0.4, 0.5) is 5.95 Å². The molecule has 1 spiro atoms. The van der Waals surface area contributed by atoms with Gasteiger partial charge < -0.3 is 19.3 Å². The summed E-state index contributed by atoms with van der Waals surface area (Å²) >= 11 is 0. The van der Waals surface area contributed by atoms with Crippen molar-refractivity contribution in [3.63, 3.8) is 0 Å². The van der Waals surface area contributed by atoms with Gasteiger partial charge in [0, 0.05) is 44.0 Å². The minimum Gasteiger partial charge on any atom is -0.378 e. The Hall–Kier alpha value is -1.73. The normalized spacial score (nSPS) is 30.0. The minimum atomic E-state index is -0.308. The van der Waals surface area contributed by atoms with Gasteiger partial charge in [-0.25, -0.2) is 9.97 Å². The maximum Gasteiger partial charge on any atom is 0.251 e. The molecular formula is C18H26N4O3. The predicted molar refractivity (Wildman–Crippen MR) is 92.4 cm³/mol. The summed E-state index contributed by atoms with van der Waals surface area (Å²) in [6.07, 6.45) is 6.39. The maximum absolute atomic E-state index is 12.7. The first-order valence-electron chi connectivity index (χ1n) is 9.17. The molecule has 4 heterocycles.